The molecule has 0 saturated carbocycles. The molecule has 4 nitrogen and oxygen atoms in total. The van der Waals surface area contributed by atoms with Gasteiger partial charge in [-0.1, -0.05) is 169 Å². The van der Waals surface area contributed by atoms with E-state index in [9.17, 15) is 9.90 Å². The lowest BCUT2D eigenvalue weighted by Gasteiger charge is -2.15. The van der Waals surface area contributed by atoms with Gasteiger partial charge in [0.2, 0.25) is 0 Å². The van der Waals surface area contributed by atoms with Crippen LogP contribution in [0.25, 0.3) is 0 Å². The summed E-state index contributed by atoms with van der Waals surface area (Å²) in [5.74, 6) is -0.264. The summed E-state index contributed by atoms with van der Waals surface area (Å²) in [5, 5.41) is 9.58. The quantitative estimate of drug-likeness (QED) is 0.0397. The van der Waals surface area contributed by atoms with E-state index in [0.717, 1.165) is 70.6 Å². The van der Waals surface area contributed by atoms with Crippen molar-refractivity contribution in [2.75, 3.05) is 19.8 Å². The predicted octanol–water partition coefficient (Wildman–Crippen LogP) is 13.8. The molecule has 1 N–H and O–H groups in total. The third kappa shape index (κ3) is 41.6. The Morgan fingerprint density at radius 1 is 0.490 bits per heavy atom. The normalized spacial score (nSPS) is 13.4. The van der Waals surface area contributed by atoms with Crippen molar-refractivity contribution in [2.45, 2.75) is 174 Å². The lowest BCUT2D eigenvalue weighted by Crippen LogP contribution is -2.27. The van der Waals surface area contributed by atoms with Crippen LogP contribution in [0.2, 0.25) is 0 Å². The first kappa shape index (κ1) is 48.3. The van der Waals surface area contributed by atoms with Crippen LogP contribution in [0.3, 0.4) is 0 Å². The second-order valence-electron chi connectivity index (χ2n) is 13.3. The zero-order valence-corrected chi connectivity index (χ0v) is 33.1. The minimum Gasteiger partial charge on any atom is -0.457 e. The largest absolute Gasteiger partial charge is 0.457 e. The zero-order valence-electron chi connectivity index (χ0n) is 33.1. The van der Waals surface area contributed by atoms with Gasteiger partial charge in [-0.3, -0.25) is 4.79 Å². The summed E-state index contributed by atoms with van der Waals surface area (Å²) in [6.45, 7) is 5.14. The average Bonchev–Trinajstić information content (AvgIpc) is 3.14. The molecule has 0 amide bonds. The van der Waals surface area contributed by atoms with Crippen LogP contribution in [-0.2, 0) is 14.3 Å². The summed E-state index contributed by atoms with van der Waals surface area (Å²) in [6, 6.07) is 0. The Balaban J connectivity index is 3.63. The highest BCUT2D eigenvalue weighted by molar-refractivity contribution is 5.69. The molecule has 0 aliphatic heterocycles. The molecular formula is C47H78O4. The van der Waals surface area contributed by atoms with Crippen LogP contribution in [0.1, 0.15) is 168 Å². The highest BCUT2D eigenvalue weighted by Gasteiger charge is 2.13. The highest BCUT2D eigenvalue weighted by atomic mass is 16.6. The van der Waals surface area contributed by atoms with E-state index in [1.807, 2.05) is 0 Å². The van der Waals surface area contributed by atoms with Crippen molar-refractivity contribution in [3.63, 3.8) is 0 Å². The van der Waals surface area contributed by atoms with Gasteiger partial charge in [0.15, 0.2) is 0 Å². The maximum atomic E-state index is 12.2. The van der Waals surface area contributed by atoms with Crippen molar-refractivity contribution in [2.24, 2.45) is 0 Å². The van der Waals surface area contributed by atoms with Gasteiger partial charge in [0.05, 0.1) is 13.2 Å². The number of aliphatic hydroxyl groups is 1. The molecule has 0 aliphatic carbocycles. The lowest BCUT2D eigenvalue weighted by molar-refractivity contribution is -0.154. The predicted molar refractivity (Wildman–Crippen MR) is 223 cm³/mol. The lowest BCUT2D eigenvalue weighted by atomic mass is 10.1. The van der Waals surface area contributed by atoms with E-state index in [2.05, 4.69) is 111 Å². The summed E-state index contributed by atoms with van der Waals surface area (Å²) >= 11 is 0. The van der Waals surface area contributed by atoms with Gasteiger partial charge in [0, 0.05) is 13.0 Å². The molecule has 0 aromatic rings. The Morgan fingerprint density at radius 2 is 0.882 bits per heavy atom. The monoisotopic (exact) mass is 707 g/mol. The first-order chi connectivity index (χ1) is 25.2. The second kappa shape index (κ2) is 43.5. The molecule has 0 spiro atoms. The minimum absolute atomic E-state index is 0.203. The molecule has 1 atom stereocenters. The fourth-order valence-electron chi connectivity index (χ4n) is 5.31. The van der Waals surface area contributed by atoms with Crippen LogP contribution in [0.4, 0.5) is 0 Å². The van der Waals surface area contributed by atoms with E-state index in [1.165, 1.54) is 77.0 Å². The van der Waals surface area contributed by atoms with Crippen molar-refractivity contribution >= 4 is 5.97 Å². The number of rotatable bonds is 37. The second-order valence-corrected chi connectivity index (χ2v) is 13.3. The number of ether oxygens (including phenoxy) is 2. The van der Waals surface area contributed by atoms with E-state index in [0.29, 0.717) is 13.0 Å². The summed E-state index contributed by atoms with van der Waals surface area (Å²) in [6.07, 6.45) is 61.8. The molecule has 51 heavy (non-hydrogen) atoms. The number of hydrogen-bond acceptors (Lipinski definition) is 4. The average molecular weight is 707 g/mol. The Kier molecular flexibility index (Phi) is 41.2. The third-order valence-electron chi connectivity index (χ3n) is 8.39. The van der Waals surface area contributed by atoms with E-state index in [1.54, 1.807) is 0 Å². The van der Waals surface area contributed by atoms with Gasteiger partial charge in [0.25, 0.3) is 0 Å². The molecule has 4 heteroatoms. The maximum absolute atomic E-state index is 12.2. The topological polar surface area (TPSA) is 55.8 Å². The Hall–Kier alpha value is -2.69. The first-order valence-corrected chi connectivity index (χ1v) is 20.8. The van der Waals surface area contributed by atoms with Gasteiger partial charge < -0.3 is 14.6 Å². The van der Waals surface area contributed by atoms with Crippen LogP contribution in [0, 0.1) is 0 Å². The molecule has 0 rings (SSSR count). The maximum Gasteiger partial charge on any atom is 0.306 e. The van der Waals surface area contributed by atoms with Crippen LogP contribution >= 0.6 is 0 Å². The molecule has 0 heterocycles. The number of aliphatic hydroxyl groups excluding tert-OH is 1. The Morgan fingerprint density at radius 3 is 1.35 bits per heavy atom. The van der Waals surface area contributed by atoms with E-state index in [4.69, 9.17) is 9.47 Å². The molecule has 290 valence electrons. The van der Waals surface area contributed by atoms with Gasteiger partial charge in [0.1, 0.15) is 6.10 Å². The molecular weight excluding hydrogens is 629 g/mol. The SMILES string of the molecule is CC/C=C\C/C=C\C/C=C\C/C=C\C/C=C\C/C=C\C/C=C\CCCC(=O)OC(CO)COCCCCCCCC/C=C\CCCCCCCC. The van der Waals surface area contributed by atoms with Gasteiger partial charge in [-0.25, -0.2) is 0 Å². The molecule has 1 unspecified atom stereocenters. The fraction of sp³-hybridized carbons (Fsp3) is 0.638. The first-order valence-electron chi connectivity index (χ1n) is 20.8. The van der Waals surface area contributed by atoms with Gasteiger partial charge in [-0.2, -0.15) is 0 Å². The van der Waals surface area contributed by atoms with Gasteiger partial charge >= 0.3 is 5.97 Å². The summed E-state index contributed by atoms with van der Waals surface area (Å²) in [7, 11) is 0. The number of esters is 1. The molecule has 0 saturated heterocycles. The number of allylic oxidation sites excluding steroid dienone is 16. The zero-order chi connectivity index (χ0) is 37.0. The smallest absolute Gasteiger partial charge is 0.306 e. The van der Waals surface area contributed by atoms with Crippen LogP contribution in [0.15, 0.2) is 97.2 Å². The minimum atomic E-state index is -0.574. The Labute approximate surface area is 315 Å². The fourth-order valence-corrected chi connectivity index (χ4v) is 5.31. The number of carbonyl (C=O) groups is 1. The van der Waals surface area contributed by atoms with Gasteiger partial charge in [-0.15, -0.1) is 0 Å². The molecule has 0 radical (unpaired) electrons. The Bertz CT molecular complexity index is 965. The van der Waals surface area contributed by atoms with Gasteiger partial charge in [-0.05, 0) is 89.9 Å². The summed E-state index contributed by atoms with van der Waals surface area (Å²) < 4.78 is 11.1. The van der Waals surface area contributed by atoms with E-state index < -0.39 is 6.10 Å². The molecule has 0 aromatic heterocycles. The molecule has 0 aromatic carbocycles. The number of hydrogen-bond donors (Lipinski definition) is 1. The molecule has 0 aliphatic rings. The van der Waals surface area contributed by atoms with Crippen molar-refractivity contribution in [1.29, 1.82) is 0 Å². The number of unbranched alkanes of at least 4 members (excludes halogenated alkanes) is 13. The molecule has 0 bridgehead atoms. The van der Waals surface area contributed by atoms with Crippen molar-refractivity contribution in [1.82, 2.24) is 0 Å². The van der Waals surface area contributed by atoms with E-state index in [-0.39, 0.29) is 19.2 Å². The van der Waals surface area contributed by atoms with Crippen LogP contribution in [0.5, 0.6) is 0 Å². The highest BCUT2D eigenvalue weighted by Crippen LogP contribution is 2.10. The van der Waals surface area contributed by atoms with Crippen LogP contribution < -0.4 is 0 Å². The van der Waals surface area contributed by atoms with Crippen molar-refractivity contribution in [3.8, 4) is 0 Å². The summed E-state index contributed by atoms with van der Waals surface area (Å²) in [4.78, 5) is 12.2. The van der Waals surface area contributed by atoms with Crippen molar-refractivity contribution < 1.29 is 19.4 Å². The number of carbonyl (C=O) groups excluding carboxylic acids is 1. The summed E-state index contributed by atoms with van der Waals surface area (Å²) in [5.41, 5.74) is 0. The third-order valence-corrected chi connectivity index (χ3v) is 8.39. The van der Waals surface area contributed by atoms with Crippen molar-refractivity contribution in [3.05, 3.63) is 97.2 Å². The standard InChI is InChI=1S/C47H78O4/c1-3-5-7-9-11-13-15-17-19-21-22-23-24-25-26-27-28-30-32-34-36-38-40-42-47(49)51-46(44-48)45-50-43-41-39-37-35-33-31-29-20-18-16-14-12-10-8-6-4-2/h5,7,11,13,17-20,22-23,25-26,28,30,34,36,46,48H,3-4,6,8-10,12,14-16,21,24,27,29,31-33,35,37-45H2,1-2H3/b7-5-,13-11-,19-17-,20-18-,23-22-,26-25-,30-28-,36-34-. The van der Waals surface area contributed by atoms with Crippen LogP contribution in [-0.4, -0.2) is 37.0 Å². The van der Waals surface area contributed by atoms with E-state index >= 15 is 0 Å². The molecule has 0 fully saturated rings.